The van der Waals surface area contributed by atoms with E-state index >= 15 is 0 Å². The lowest BCUT2D eigenvalue weighted by atomic mass is 9.86. The van der Waals surface area contributed by atoms with Crippen LogP contribution in [0.15, 0.2) is 54.6 Å². The van der Waals surface area contributed by atoms with Gasteiger partial charge in [0.15, 0.2) is 12.4 Å². The summed E-state index contributed by atoms with van der Waals surface area (Å²) in [6.07, 6.45) is 5.35. The SMILES string of the molecule is O=C(C[C@@H]1C[C@@H]2CC[C@@H]1C2)OCC(=O)c1ccc(NC(=O)c2ccccc2)cc1. The molecule has 0 aromatic heterocycles. The van der Waals surface area contributed by atoms with Crippen molar-refractivity contribution >= 4 is 23.3 Å². The second-order valence-electron chi connectivity index (χ2n) is 8.12. The molecule has 0 heterocycles. The fourth-order valence-corrected chi connectivity index (χ4v) is 4.66. The molecule has 0 spiro atoms. The van der Waals surface area contributed by atoms with E-state index in [1.54, 1.807) is 48.5 Å². The van der Waals surface area contributed by atoms with Crippen LogP contribution in [-0.4, -0.2) is 24.3 Å². The Hall–Kier alpha value is -2.95. The number of ketones is 1. The van der Waals surface area contributed by atoms with Crippen LogP contribution in [0, 0.1) is 17.8 Å². The van der Waals surface area contributed by atoms with Crippen molar-refractivity contribution in [2.45, 2.75) is 32.1 Å². The zero-order valence-corrected chi connectivity index (χ0v) is 16.3. The van der Waals surface area contributed by atoms with E-state index in [1.165, 1.54) is 19.3 Å². The molecule has 3 atom stereocenters. The van der Waals surface area contributed by atoms with Crippen LogP contribution in [0.1, 0.15) is 52.8 Å². The van der Waals surface area contributed by atoms with Gasteiger partial charge in [0.05, 0.1) is 0 Å². The fraction of sp³-hybridized carbons (Fsp3) is 0.375. The molecule has 2 fully saturated rings. The van der Waals surface area contributed by atoms with E-state index in [2.05, 4.69) is 5.32 Å². The highest BCUT2D eigenvalue weighted by Gasteiger charge is 2.40. The van der Waals surface area contributed by atoms with Crippen LogP contribution in [0.4, 0.5) is 5.69 Å². The summed E-state index contributed by atoms with van der Waals surface area (Å²) < 4.78 is 5.22. The number of amides is 1. The second kappa shape index (κ2) is 8.60. The smallest absolute Gasteiger partial charge is 0.306 e. The molecule has 2 aliphatic rings. The number of benzene rings is 2. The predicted molar refractivity (Wildman–Crippen MR) is 110 cm³/mol. The molecule has 5 nitrogen and oxygen atoms in total. The van der Waals surface area contributed by atoms with Crippen LogP contribution >= 0.6 is 0 Å². The van der Waals surface area contributed by atoms with Gasteiger partial charge in [-0.1, -0.05) is 24.6 Å². The molecule has 4 rings (SSSR count). The Bertz CT molecular complexity index is 891. The summed E-state index contributed by atoms with van der Waals surface area (Å²) in [4.78, 5) is 36.6. The number of Topliss-reactive ketones (excluding diaryl/α,β-unsaturated/α-hetero) is 1. The summed E-state index contributed by atoms with van der Waals surface area (Å²) in [7, 11) is 0. The quantitative estimate of drug-likeness (QED) is 0.557. The number of rotatable bonds is 7. The Morgan fingerprint density at radius 2 is 1.66 bits per heavy atom. The number of hydrogen-bond donors (Lipinski definition) is 1. The van der Waals surface area contributed by atoms with Crippen LogP contribution < -0.4 is 5.32 Å². The van der Waals surface area contributed by atoms with Gasteiger partial charge in [-0.25, -0.2) is 0 Å². The molecule has 2 saturated carbocycles. The third kappa shape index (κ3) is 4.73. The molecule has 29 heavy (non-hydrogen) atoms. The monoisotopic (exact) mass is 391 g/mol. The molecule has 1 N–H and O–H groups in total. The van der Waals surface area contributed by atoms with Gasteiger partial charge >= 0.3 is 5.97 Å². The summed E-state index contributed by atoms with van der Waals surface area (Å²) in [5.41, 5.74) is 1.62. The maximum atomic E-state index is 12.3. The van der Waals surface area contributed by atoms with E-state index in [9.17, 15) is 14.4 Å². The lowest BCUT2D eigenvalue weighted by Gasteiger charge is -2.20. The maximum Gasteiger partial charge on any atom is 0.306 e. The van der Waals surface area contributed by atoms with Crippen molar-refractivity contribution in [1.29, 1.82) is 0 Å². The van der Waals surface area contributed by atoms with Gasteiger partial charge in [0.25, 0.3) is 5.91 Å². The highest BCUT2D eigenvalue weighted by atomic mass is 16.5. The number of anilines is 1. The Morgan fingerprint density at radius 3 is 2.31 bits per heavy atom. The number of esters is 1. The summed E-state index contributed by atoms with van der Waals surface area (Å²) in [5, 5.41) is 2.79. The molecule has 0 aliphatic heterocycles. The number of ether oxygens (including phenoxy) is 1. The minimum absolute atomic E-state index is 0.209. The molecular formula is C24H25NO4. The van der Waals surface area contributed by atoms with Crippen LogP contribution in [-0.2, 0) is 9.53 Å². The minimum atomic E-state index is -0.275. The Balaban J connectivity index is 1.24. The van der Waals surface area contributed by atoms with E-state index in [0.717, 1.165) is 12.3 Å². The van der Waals surface area contributed by atoms with Crippen molar-refractivity contribution in [3.63, 3.8) is 0 Å². The first-order valence-corrected chi connectivity index (χ1v) is 10.2. The number of fused-ring (bicyclic) bond motifs is 2. The Labute approximate surface area is 170 Å². The number of hydrogen-bond acceptors (Lipinski definition) is 4. The normalized spacial score (nSPS) is 22.3. The third-order valence-corrected chi connectivity index (χ3v) is 6.18. The zero-order chi connectivity index (χ0) is 20.2. The van der Waals surface area contributed by atoms with E-state index < -0.39 is 0 Å². The van der Waals surface area contributed by atoms with E-state index in [1.807, 2.05) is 6.07 Å². The molecular weight excluding hydrogens is 366 g/mol. The first-order valence-electron chi connectivity index (χ1n) is 10.2. The number of nitrogens with one attached hydrogen (secondary N) is 1. The summed E-state index contributed by atoms with van der Waals surface area (Å²) >= 11 is 0. The first-order chi connectivity index (χ1) is 14.1. The van der Waals surface area contributed by atoms with E-state index in [-0.39, 0.29) is 24.3 Å². The summed E-state index contributed by atoms with van der Waals surface area (Å²) in [6, 6.07) is 15.5. The average Bonchev–Trinajstić information content (AvgIpc) is 3.36. The van der Waals surface area contributed by atoms with Crippen molar-refractivity contribution in [3.8, 4) is 0 Å². The van der Waals surface area contributed by atoms with Gasteiger partial charge in [-0.2, -0.15) is 0 Å². The molecule has 2 aliphatic carbocycles. The summed E-state index contributed by atoms with van der Waals surface area (Å²) in [5.74, 6) is 1.17. The molecule has 150 valence electrons. The highest BCUT2D eigenvalue weighted by molar-refractivity contribution is 6.04. The largest absolute Gasteiger partial charge is 0.457 e. The zero-order valence-electron chi connectivity index (χ0n) is 16.3. The third-order valence-electron chi connectivity index (χ3n) is 6.18. The molecule has 0 saturated heterocycles. The van der Waals surface area contributed by atoms with Crippen molar-refractivity contribution < 1.29 is 19.1 Å². The fourth-order valence-electron chi connectivity index (χ4n) is 4.66. The second-order valence-corrected chi connectivity index (χ2v) is 8.12. The van der Waals surface area contributed by atoms with Gasteiger partial charge in [-0.05, 0) is 73.4 Å². The van der Waals surface area contributed by atoms with Crippen molar-refractivity contribution in [2.24, 2.45) is 17.8 Å². The molecule has 0 unspecified atom stereocenters. The van der Waals surface area contributed by atoms with Gasteiger partial charge in [0, 0.05) is 23.2 Å². The van der Waals surface area contributed by atoms with Gasteiger partial charge in [0.2, 0.25) is 0 Å². The molecule has 5 heteroatoms. The summed E-state index contributed by atoms with van der Waals surface area (Å²) in [6.45, 7) is -0.241. The molecule has 2 aromatic rings. The first kappa shape index (κ1) is 19.4. The Kier molecular flexibility index (Phi) is 5.74. The number of carbonyl (C=O) groups excluding carboxylic acids is 3. The van der Waals surface area contributed by atoms with Crippen LogP contribution in [0.25, 0.3) is 0 Å². The highest BCUT2D eigenvalue weighted by Crippen LogP contribution is 2.49. The maximum absolute atomic E-state index is 12.3. The standard InChI is InChI=1S/C24H25NO4/c26-22(15-29-23(27)14-20-13-16-6-7-19(20)12-16)17-8-10-21(11-9-17)25-24(28)18-4-2-1-3-5-18/h1-5,8-11,16,19-20H,6-7,12-15H2,(H,25,28)/t16-,19-,20+/m1/s1. The van der Waals surface area contributed by atoms with Crippen LogP contribution in [0.3, 0.4) is 0 Å². The predicted octanol–water partition coefficient (Wildman–Crippen LogP) is 4.49. The Morgan fingerprint density at radius 1 is 0.897 bits per heavy atom. The average molecular weight is 391 g/mol. The molecule has 2 aromatic carbocycles. The number of carbonyl (C=O) groups is 3. The van der Waals surface area contributed by atoms with Crippen molar-refractivity contribution in [2.75, 3.05) is 11.9 Å². The van der Waals surface area contributed by atoms with E-state index in [4.69, 9.17) is 4.74 Å². The molecule has 1 amide bonds. The van der Waals surface area contributed by atoms with Gasteiger partial charge < -0.3 is 10.1 Å². The van der Waals surface area contributed by atoms with Crippen molar-refractivity contribution in [1.82, 2.24) is 0 Å². The van der Waals surface area contributed by atoms with Crippen molar-refractivity contribution in [3.05, 3.63) is 65.7 Å². The van der Waals surface area contributed by atoms with E-state index in [0.29, 0.717) is 35.1 Å². The van der Waals surface area contributed by atoms with Gasteiger partial charge in [0.1, 0.15) is 0 Å². The minimum Gasteiger partial charge on any atom is -0.457 e. The van der Waals surface area contributed by atoms with Gasteiger partial charge in [-0.15, -0.1) is 0 Å². The van der Waals surface area contributed by atoms with Crippen LogP contribution in [0.5, 0.6) is 0 Å². The molecule has 2 bridgehead atoms. The topological polar surface area (TPSA) is 72.5 Å². The van der Waals surface area contributed by atoms with Gasteiger partial charge in [-0.3, -0.25) is 14.4 Å². The van der Waals surface area contributed by atoms with Crippen LogP contribution in [0.2, 0.25) is 0 Å². The lowest BCUT2D eigenvalue weighted by Crippen LogP contribution is -2.19. The lowest BCUT2D eigenvalue weighted by molar-refractivity contribution is -0.144. The molecule has 0 radical (unpaired) electrons.